The number of carbonyl (C=O) groups excluding carboxylic acids is 5. The van der Waals surface area contributed by atoms with Crippen molar-refractivity contribution in [3.63, 3.8) is 0 Å². The van der Waals surface area contributed by atoms with Crippen molar-refractivity contribution in [3.05, 3.63) is 67.3 Å². The van der Waals surface area contributed by atoms with Crippen molar-refractivity contribution in [3.8, 4) is 6.07 Å². The summed E-state index contributed by atoms with van der Waals surface area (Å²) in [4.78, 5) is 72.0. The number of ether oxygens (including phenoxy) is 3. The molecule has 1 saturated heterocycles. The number of likely N-dealkylation sites (N-methyl/N-ethyl adjacent to an activating group) is 1. The van der Waals surface area contributed by atoms with Crippen LogP contribution in [0.2, 0.25) is 0 Å². The first-order valence-corrected chi connectivity index (χ1v) is 14.7. The highest BCUT2D eigenvalue weighted by Gasteiger charge is 2.60. The lowest BCUT2D eigenvalue weighted by Crippen LogP contribution is -2.74. The van der Waals surface area contributed by atoms with Gasteiger partial charge >= 0.3 is 5.97 Å². The average Bonchev–Trinajstić information content (AvgIpc) is 3.53. The number of methoxy groups -OCH3 is 2. The van der Waals surface area contributed by atoms with Crippen molar-refractivity contribution >= 4 is 40.4 Å². The molecule has 0 radical (unpaired) electrons. The minimum absolute atomic E-state index is 0.0332. The van der Waals surface area contributed by atoms with Crippen molar-refractivity contribution in [1.29, 1.82) is 5.26 Å². The number of rotatable bonds is 5. The smallest absolute Gasteiger partial charge is 0.348 e. The third kappa shape index (κ3) is 4.02. The molecule has 0 amide bonds. The third-order valence-corrected chi connectivity index (χ3v) is 10.2. The molecule has 3 aliphatic heterocycles. The summed E-state index contributed by atoms with van der Waals surface area (Å²) in [6.07, 6.45) is 0.165. The Hall–Kier alpha value is -4.18. The molecule has 1 aromatic rings. The lowest BCUT2D eigenvalue weighted by atomic mass is 9.67. The second-order valence-corrected chi connectivity index (χ2v) is 12.1. The van der Waals surface area contributed by atoms with E-state index in [1.54, 1.807) is 31.5 Å². The van der Waals surface area contributed by atoms with Crippen LogP contribution in [0.1, 0.15) is 36.4 Å². The minimum atomic E-state index is -0.980. The number of esters is 1. The molecule has 6 rings (SSSR count). The Bertz CT molecular complexity index is 1670. The van der Waals surface area contributed by atoms with Crippen molar-refractivity contribution in [2.45, 2.75) is 56.9 Å². The summed E-state index contributed by atoms with van der Waals surface area (Å²) >= 11 is 1.20. The topological polar surface area (TPSA) is 143 Å². The first-order valence-electron chi connectivity index (χ1n) is 13.8. The number of carbonyl (C=O) groups is 5. The number of nitrogens with zero attached hydrogens (tertiary/aromatic N) is 3. The highest BCUT2D eigenvalue weighted by molar-refractivity contribution is 7.11. The zero-order valence-electron chi connectivity index (χ0n) is 24.3. The van der Waals surface area contributed by atoms with Gasteiger partial charge in [-0.15, -0.1) is 11.3 Å². The molecule has 0 aromatic carbocycles. The van der Waals surface area contributed by atoms with Gasteiger partial charge in [0.15, 0.2) is 23.1 Å². The van der Waals surface area contributed by atoms with Crippen LogP contribution < -0.4 is 0 Å². The van der Waals surface area contributed by atoms with Crippen LogP contribution in [0.25, 0.3) is 0 Å². The highest BCUT2D eigenvalue weighted by atomic mass is 32.1. The average molecular weight is 604 g/mol. The molecule has 43 heavy (non-hydrogen) atoms. The Morgan fingerprint density at radius 2 is 1.53 bits per heavy atom. The Morgan fingerprint density at radius 1 is 0.953 bits per heavy atom. The van der Waals surface area contributed by atoms with Crippen LogP contribution in [0.15, 0.2) is 62.5 Å². The molecule has 12 heteroatoms. The zero-order chi connectivity index (χ0) is 30.9. The van der Waals surface area contributed by atoms with Crippen LogP contribution in [-0.2, 0) is 33.4 Å². The molecule has 5 aliphatic rings. The molecular weight excluding hydrogens is 574 g/mol. The van der Waals surface area contributed by atoms with Gasteiger partial charge in [-0.05, 0) is 45.2 Å². The molecule has 5 atom stereocenters. The third-order valence-electron chi connectivity index (χ3n) is 9.31. The van der Waals surface area contributed by atoms with E-state index in [2.05, 4.69) is 6.07 Å². The van der Waals surface area contributed by atoms with Gasteiger partial charge in [0.05, 0.1) is 32.4 Å². The second-order valence-electron chi connectivity index (χ2n) is 11.2. The predicted molar refractivity (Wildman–Crippen MR) is 151 cm³/mol. The molecule has 0 saturated carbocycles. The number of piperazine rings is 1. The van der Waals surface area contributed by atoms with Crippen LogP contribution >= 0.6 is 11.3 Å². The molecule has 2 bridgehead atoms. The van der Waals surface area contributed by atoms with Gasteiger partial charge in [0, 0.05) is 45.5 Å². The van der Waals surface area contributed by atoms with E-state index in [1.165, 1.54) is 32.5 Å². The largest absolute Gasteiger partial charge is 0.492 e. The van der Waals surface area contributed by atoms with E-state index in [-0.39, 0.29) is 70.4 Å². The lowest BCUT2D eigenvalue weighted by molar-refractivity contribution is -0.126. The number of Topliss-reactive ketones (excluding diaryl/α,β-unsaturated/α-hetero) is 4. The summed E-state index contributed by atoms with van der Waals surface area (Å²) in [6.45, 7) is 2.75. The molecule has 1 aromatic heterocycles. The molecule has 222 valence electrons. The monoisotopic (exact) mass is 603 g/mol. The maximum Gasteiger partial charge on any atom is 0.348 e. The van der Waals surface area contributed by atoms with Crippen LogP contribution in [0.3, 0.4) is 0 Å². The lowest BCUT2D eigenvalue weighted by Gasteiger charge is -2.60. The van der Waals surface area contributed by atoms with E-state index in [4.69, 9.17) is 14.2 Å². The Morgan fingerprint density at radius 3 is 2.09 bits per heavy atom. The Balaban J connectivity index is 1.51. The van der Waals surface area contributed by atoms with Crippen LogP contribution in [0.4, 0.5) is 0 Å². The zero-order valence-corrected chi connectivity index (χ0v) is 25.1. The summed E-state index contributed by atoms with van der Waals surface area (Å²) < 4.78 is 16.4. The Kier molecular flexibility index (Phi) is 7.07. The first kappa shape index (κ1) is 28.9. The first-order chi connectivity index (χ1) is 20.6. The molecule has 0 spiro atoms. The number of nitriles is 1. The van der Waals surface area contributed by atoms with Gasteiger partial charge in [-0.3, -0.25) is 29.0 Å². The molecular formula is C31H29N3O8S. The fraction of sp³-hybridized carbons (Fsp3) is 0.419. The second kappa shape index (κ2) is 10.5. The molecule has 0 N–H and O–H groups in total. The van der Waals surface area contributed by atoms with Crippen LogP contribution in [0.5, 0.6) is 0 Å². The van der Waals surface area contributed by atoms with Gasteiger partial charge in [-0.25, -0.2) is 4.79 Å². The molecule has 2 aliphatic carbocycles. The van der Waals surface area contributed by atoms with E-state index >= 15 is 0 Å². The molecule has 4 heterocycles. The minimum Gasteiger partial charge on any atom is -0.492 e. The van der Waals surface area contributed by atoms with Gasteiger partial charge in [0.2, 0.25) is 11.6 Å². The van der Waals surface area contributed by atoms with E-state index < -0.39 is 47.7 Å². The standard InChI is InChI=1S/C31H29N3O8S/c1-13-25(35)15-10-18-24-23-16(26(36)14(2)30(41-5)28(23)38)9-17(33(24)3)19(11-32)34(18)20(22(15)27(37)29(13)40-4)12-42-31(39)21-7-6-8-43-21/h6-8,17-20,24H,9-10,12H2,1-5H3/t17-,18-,19-,20-,24-/m0/s1. The molecule has 1 fully saturated rings. The number of hydrogen-bond donors (Lipinski definition) is 0. The number of hydrogen-bond acceptors (Lipinski definition) is 12. The normalized spacial score (nSPS) is 29.3. The van der Waals surface area contributed by atoms with Gasteiger partial charge in [0.1, 0.15) is 17.5 Å². The van der Waals surface area contributed by atoms with E-state index in [0.717, 1.165) is 0 Å². The summed E-state index contributed by atoms with van der Waals surface area (Å²) in [6, 6.07) is 1.96. The fourth-order valence-corrected chi connectivity index (χ4v) is 8.01. The summed E-state index contributed by atoms with van der Waals surface area (Å²) in [7, 11) is 4.45. The predicted octanol–water partition coefficient (Wildman–Crippen LogP) is 2.06. The van der Waals surface area contributed by atoms with Gasteiger partial charge < -0.3 is 14.2 Å². The van der Waals surface area contributed by atoms with Crippen molar-refractivity contribution in [2.75, 3.05) is 27.9 Å². The van der Waals surface area contributed by atoms with Crippen molar-refractivity contribution < 1.29 is 38.2 Å². The van der Waals surface area contributed by atoms with Gasteiger partial charge in [-0.2, -0.15) is 5.26 Å². The van der Waals surface area contributed by atoms with E-state index in [0.29, 0.717) is 10.5 Å². The molecule has 11 nitrogen and oxygen atoms in total. The number of allylic oxidation sites excluding steroid dienone is 4. The number of fused-ring (bicyclic) bond motifs is 5. The van der Waals surface area contributed by atoms with E-state index in [1.807, 2.05) is 9.80 Å². The van der Waals surface area contributed by atoms with E-state index in [9.17, 15) is 29.2 Å². The quantitative estimate of drug-likeness (QED) is 0.360. The summed E-state index contributed by atoms with van der Waals surface area (Å²) in [5, 5.41) is 12.3. The summed E-state index contributed by atoms with van der Waals surface area (Å²) in [5.74, 6) is -2.33. The van der Waals surface area contributed by atoms with Gasteiger partial charge in [0.25, 0.3) is 0 Å². The Labute approximate surface area is 251 Å². The SMILES string of the molecule is COC1=C(C)C(=O)C2=C(C1=O)[C@@H]1[C@@H]3CC4=C(C(=O)C(OC)=C(C)C4=O)[C@H](COC(=O)c4cccs4)N3[C@@H](C#N)[C@H](C2)N1C. The van der Waals surface area contributed by atoms with Crippen molar-refractivity contribution in [2.24, 2.45) is 0 Å². The maximum absolute atomic E-state index is 13.9. The van der Waals surface area contributed by atoms with Crippen molar-refractivity contribution in [1.82, 2.24) is 9.80 Å². The number of thiophene rings is 1. The highest BCUT2D eigenvalue weighted by Crippen LogP contribution is 2.49. The van der Waals surface area contributed by atoms with Gasteiger partial charge in [-0.1, -0.05) is 6.07 Å². The number of ketones is 4. The maximum atomic E-state index is 13.9. The molecule has 0 unspecified atom stereocenters. The van der Waals surface area contributed by atoms with Crippen LogP contribution in [-0.4, -0.2) is 97.0 Å². The fourth-order valence-electron chi connectivity index (χ4n) is 7.40. The summed E-state index contributed by atoms with van der Waals surface area (Å²) in [5.41, 5.74) is 1.34. The van der Waals surface area contributed by atoms with Crippen LogP contribution in [0, 0.1) is 11.3 Å².